The van der Waals surface area contributed by atoms with Crippen LogP contribution in [0.15, 0.2) is 36.4 Å². The second kappa shape index (κ2) is 5.17. The number of hydrogen-bond donors (Lipinski definition) is 1. The van der Waals surface area contributed by atoms with E-state index in [1.165, 1.54) is 23.3 Å². The highest BCUT2D eigenvalue weighted by Crippen LogP contribution is 2.17. The van der Waals surface area contributed by atoms with Crippen LogP contribution in [0.5, 0.6) is 0 Å². The van der Waals surface area contributed by atoms with Crippen molar-refractivity contribution < 1.29 is 8.78 Å². The van der Waals surface area contributed by atoms with Crippen LogP contribution >= 0.6 is 0 Å². The van der Waals surface area contributed by atoms with Crippen LogP contribution in [0, 0.1) is 25.5 Å². The van der Waals surface area contributed by atoms with Gasteiger partial charge in [-0.3, -0.25) is 0 Å². The van der Waals surface area contributed by atoms with Crippen molar-refractivity contribution in [1.82, 2.24) is 0 Å². The van der Waals surface area contributed by atoms with Crippen LogP contribution in [0.2, 0.25) is 0 Å². The molecular weight excluding hydrogens is 232 g/mol. The number of anilines is 1. The lowest BCUT2D eigenvalue weighted by Gasteiger charge is -2.09. The van der Waals surface area contributed by atoms with E-state index in [1.54, 1.807) is 0 Å². The summed E-state index contributed by atoms with van der Waals surface area (Å²) in [6, 6.07) is 9.62. The Morgan fingerprint density at radius 3 is 2.39 bits per heavy atom. The van der Waals surface area contributed by atoms with E-state index in [2.05, 4.69) is 11.4 Å². The third kappa shape index (κ3) is 2.86. The monoisotopic (exact) mass is 247 g/mol. The second-order valence-corrected chi connectivity index (χ2v) is 4.40. The molecule has 0 amide bonds. The van der Waals surface area contributed by atoms with Gasteiger partial charge in [-0.05, 0) is 42.7 Å². The molecule has 94 valence electrons. The highest BCUT2D eigenvalue weighted by atomic mass is 19.1. The lowest BCUT2D eigenvalue weighted by molar-refractivity contribution is 0.585. The normalized spacial score (nSPS) is 10.4. The van der Waals surface area contributed by atoms with E-state index in [-0.39, 0.29) is 0 Å². The number of benzene rings is 2. The van der Waals surface area contributed by atoms with Gasteiger partial charge in [-0.1, -0.05) is 18.2 Å². The van der Waals surface area contributed by atoms with Crippen molar-refractivity contribution in [3.05, 3.63) is 64.7 Å². The van der Waals surface area contributed by atoms with Crippen molar-refractivity contribution in [3.63, 3.8) is 0 Å². The lowest BCUT2D eigenvalue weighted by Crippen LogP contribution is -2.02. The molecule has 0 aliphatic carbocycles. The van der Waals surface area contributed by atoms with Gasteiger partial charge in [0.15, 0.2) is 0 Å². The van der Waals surface area contributed by atoms with E-state index in [0.29, 0.717) is 12.2 Å². The molecule has 0 aromatic heterocycles. The maximum atomic E-state index is 13.4. The Hall–Kier alpha value is -1.90. The molecule has 0 bridgehead atoms. The van der Waals surface area contributed by atoms with Crippen molar-refractivity contribution >= 4 is 5.69 Å². The topological polar surface area (TPSA) is 12.0 Å². The highest BCUT2D eigenvalue weighted by Gasteiger charge is 2.03. The predicted molar refractivity (Wildman–Crippen MR) is 69.6 cm³/mol. The average Bonchev–Trinajstić information content (AvgIpc) is 2.32. The average molecular weight is 247 g/mol. The standard InChI is InChI=1S/C15H15F2N/c1-10-3-4-12(7-11(10)2)9-18-15-6-5-13(16)8-14(15)17/h3-8,18H,9H2,1-2H3. The molecule has 1 N–H and O–H groups in total. The van der Waals surface area contributed by atoms with Crippen LogP contribution in [-0.2, 0) is 6.54 Å². The number of halogens is 2. The highest BCUT2D eigenvalue weighted by molar-refractivity contribution is 5.45. The van der Waals surface area contributed by atoms with E-state index < -0.39 is 11.6 Å². The first-order chi connectivity index (χ1) is 8.56. The molecule has 0 unspecified atom stereocenters. The van der Waals surface area contributed by atoms with Gasteiger partial charge in [0, 0.05) is 12.6 Å². The van der Waals surface area contributed by atoms with Crippen LogP contribution in [0.3, 0.4) is 0 Å². The smallest absolute Gasteiger partial charge is 0.149 e. The van der Waals surface area contributed by atoms with E-state index in [0.717, 1.165) is 11.6 Å². The fourth-order valence-electron chi connectivity index (χ4n) is 1.74. The molecule has 2 rings (SSSR count). The molecular formula is C15H15F2N. The number of aryl methyl sites for hydroxylation is 2. The first kappa shape index (κ1) is 12.6. The van der Waals surface area contributed by atoms with Gasteiger partial charge in [-0.15, -0.1) is 0 Å². The zero-order valence-electron chi connectivity index (χ0n) is 10.4. The molecule has 1 nitrogen and oxygen atoms in total. The number of hydrogen-bond acceptors (Lipinski definition) is 1. The first-order valence-corrected chi connectivity index (χ1v) is 5.81. The van der Waals surface area contributed by atoms with Crippen molar-refractivity contribution in [2.24, 2.45) is 0 Å². The van der Waals surface area contributed by atoms with Crippen molar-refractivity contribution in [2.75, 3.05) is 5.32 Å². The first-order valence-electron chi connectivity index (χ1n) is 5.81. The predicted octanol–water partition coefficient (Wildman–Crippen LogP) is 4.19. The van der Waals surface area contributed by atoms with Gasteiger partial charge in [0.2, 0.25) is 0 Å². The van der Waals surface area contributed by atoms with Gasteiger partial charge in [0.25, 0.3) is 0 Å². The summed E-state index contributed by atoms with van der Waals surface area (Å²) in [6.45, 7) is 4.60. The SMILES string of the molecule is Cc1ccc(CNc2ccc(F)cc2F)cc1C. The fraction of sp³-hybridized carbons (Fsp3) is 0.200. The Labute approximate surface area is 105 Å². The minimum atomic E-state index is -0.571. The Bertz CT molecular complexity index is 564. The summed E-state index contributed by atoms with van der Waals surface area (Å²) in [5.74, 6) is -1.14. The summed E-state index contributed by atoms with van der Waals surface area (Å²) < 4.78 is 26.1. The van der Waals surface area contributed by atoms with Crippen molar-refractivity contribution in [2.45, 2.75) is 20.4 Å². The van der Waals surface area contributed by atoms with Crippen LogP contribution in [0.25, 0.3) is 0 Å². The van der Waals surface area contributed by atoms with Crippen LogP contribution in [0.4, 0.5) is 14.5 Å². The Morgan fingerprint density at radius 1 is 0.944 bits per heavy atom. The summed E-state index contributed by atoms with van der Waals surface area (Å²) in [5, 5.41) is 2.96. The number of nitrogens with one attached hydrogen (secondary N) is 1. The van der Waals surface area contributed by atoms with Gasteiger partial charge >= 0.3 is 0 Å². The van der Waals surface area contributed by atoms with Crippen LogP contribution in [-0.4, -0.2) is 0 Å². The summed E-state index contributed by atoms with van der Waals surface area (Å²) in [7, 11) is 0. The van der Waals surface area contributed by atoms with Gasteiger partial charge in [-0.25, -0.2) is 8.78 Å². The summed E-state index contributed by atoms with van der Waals surface area (Å²) in [4.78, 5) is 0. The molecule has 0 spiro atoms. The van der Waals surface area contributed by atoms with E-state index in [1.807, 2.05) is 26.0 Å². The molecule has 2 aromatic rings. The molecule has 3 heteroatoms. The summed E-state index contributed by atoms with van der Waals surface area (Å²) >= 11 is 0. The molecule has 0 atom stereocenters. The minimum Gasteiger partial charge on any atom is -0.379 e. The van der Waals surface area contributed by atoms with E-state index in [4.69, 9.17) is 0 Å². The zero-order chi connectivity index (χ0) is 13.1. The maximum Gasteiger partial charge on any atom is 0.149 e. The second-order valence-electron chi connectivity index (χ2n) is 4.40. The van der Waals surface area contributed by atoms with Gasteiger partial charge in [0.1, 0.15) is 11.6 Å². The maximum absolute atomic E-state index is 13.4. The summed E-state index contributed by atoms with van der Waals surface area (Å²) in [6.07, 6.45) is 0. The molecule has 0 heterocycles. The quantitative estimate of drug-likeness (QED) is 0.857. The van der Waals surface area contributed by atoms with Crippen LogP contribution < -0.4 is 5.32 Å². The summed E-state index contributed by atoms with van der Waals surface area (Å²) in [5.41, 5.74) is 3.82. The Kier molecular flexibility index (Phi) is 3.60. The van der Waals surface area contributed by atoms with Gasteiger partial charge in [0.05, 0.1) is 5.69 Å². The molecule has 0 aliphatic heterocycles. The third-order valence-corrected chi connectivity index (χ3v) is 2.99. The molecule has 2 aromatic carbocycles. The largest absolute Gasteiger partial charge is 0.379 e. The van der Waals surface area contributed by atoms with Gasteiger partial charge < -0.3 is 5.32 Å². The molecule has 0 fully saturated rings. The van der Waals surface area contributed by atoms with Gasteiger partial charge in [-0.2, -0.15) is 0 Å². The molecule has 0 saturated carbocycles. The molecule has 0 aliphatic rings. The van der Waals surface area contributed by atoms with Crippen molar-refractivity contribution in [1.29, 1.82) is 0 Å². The fourth-order valence-corrected chi connectivity index (χ4v) is 1.74. The van der Waals surface area contributed by atoms with E-state index >= 15 is 0 Å². The van der Waals surface area contributed by atoms with Crippen LogP contribution in [0.1, 0.15) is 16.7 Å². The molecule has 0 radical (unpaired) electrons. The number of rotatable bonds is 3. The molecule has 18 heavy (non-hydrogen) atoms. The Balaban J connectivity index is 2.09. The third-order valence-electron chi connectivity index (χ3n) is 2.99. The lowest BCUT2D eigenvalue weighted by atomic mass is 10.1. The van der Waals surface area contributed by atoms with E-state index in [9.17, 15) is 8.78 Å². The van der Waals surface area contributed by atoms with Crippen molar-refractivity contribution in [3.8, 4) is 0 Å². The Morgan fingerprint density at radius 2 is 1.72 bits per heavy atom. The molecule has 0 saturated heterocycles. The minimum absolute atomic E-state index is 0.314. The zero-order valence-corrected chi connectivity index (χ0v) is 10.4.